The first kappa shape index (κ1) is 12.9. The van der Waals surface area contributed by atoms with E-state index in [2.05, 4.69) is 34.6 Å². The SMILES string of the molecule is CC(C)CCC(F)CCC(C)(C)C. The Bertz CT molecular complexity index is 122. The van der Waals surface area contributed by atoms with Crippen molar-refractivity contribution < 1.29 is 4.39 Å². The molecule has 0 aliphatic rings. The molecule has 0 fully saturated rings. The lowest BCUT2D eigenvalue weighted by Crippen LogP contribution is -2.10. The van der Waals surface area contributed by atoms with Gasteiger partial charge in [0.05, 0.1) is 0 Å². The number of hydrogen-bond donors (Lipinski definition) is 0. The van der Waals surface area contributed by atoms with E-state index >= 15 is 0 Å². The second-order valence-corrected chi connectivity index (χ2v) is 5.67. The van der Waals surface area contributed by atoms with Crippen LogP contribution < -0.4 is 0 Å². The second kappa shape index (κ2) is 5.62. The summed E-state index contributed by atoms with van der Waals surface area (Å²) in [6.07, 6.45) is 2.91. The van der Waals surface area contributed by atoms with Crippen LogP contribution in [0.5, 0.6) is 0 Å². The van der Waals surface area contributed by atoms with Gasteiger partial charge in [0.25, 0.3) is 0 Å². The van der Waals surface area contributed by atoms with E-state index in [1.807, 2.05) is 0 Å². The standard InChI is InChI=1S/C12H25F/c1-10(2)6-7-11(13)8-9-12(3,4)5/h10-11H,6-9H2,1-5H3. The van der Waals surface area contributed by atoms with Gasteiger partial charge in [0.15, 0.2) is 0 Å². The van der Waals surface area contributed by atoms with Gasteiger partial charge in [-0.05, 0) is 37.0 Å². The quantitative estimate of drug-likeness (QED) is 0.592. The summed E-state index contributed by atoms with van der Waals surface area (Å²) in [6.45, 7) is 10.8. The maximum atomic E-state index is 13.3. The molecule has 1 unspecified atom stereocenters. The highest BCUT2D eigenvalue weighted by Crippen LogP contribution is 2.24. The van der Waals surface area contributed by atoms with Crippen molar-refractivity contribution >= 4 is 0 Å². The fourth-order valence-electron chi connectivity index (χ4n) is 1.25. The molecule has 0 nitrogen and oxygen atoms in total. The van der Waals surface area contributed by atoms with Crippen molar-refractivity contribution in [3.05, 3.63) is 0 Å². The third kappa shape index (κ3) is 9.85. The zero-order chi connectivity index (χ0) is 10.5. The fourth-order valence-corrected chi connectivity index (χ4v) is 1.25. The van der Waals surface area contributed by atoms with Gasteiger partial charge in [0.2, 0.25) is 0 Å². The van der Waals surface area contributed by atoms with Crippen LogP contribution in [0, 0.1) is 11.3 Å². The molecule has 80 valence electrons. The molecule has 1 heteroatoms. The minimum atomic E-state index is -0.582. The maximum absolute atomic E-state index is 13.3. The van der Waals surface area contributed by atoms with Crippen molar-refractivity contribution in [2.75, 3.05) is 0 Å². The lowest BCUT2D eigenvalue weighted by atomic mass is 9.88. The van der Waals surface area contributed by atoms with Crippen LogP contribution in [-0.2, 0) is 0 Å². The molecule has 0 N–H and O–H groups in total. The van der Waals surface area contributed by atoms with Gasteiger partial charge in [-0.25, -0.2) is 4.39 Å². The van der Waals surface area contributed by atoms with Crippen molar-refractivity contribution in [3.63, 3.8) is 0 Å². The summed E-state index contributed by atoms with van der Waals surface area (Å²) >= 11 is 0. The lowest BCUT2D eigenvalue weighted by Gasteiger charge is -2.19. The van der Waals surface area contributed by atoms with E-state index in [0.717, 1.165) is 25.7 Å². The van der Waals surface area contributed by atoms with Gasteiger partial charge in [0.1, 0.15) is 6.17 Å². The Morgan fingerprint density at radius 1 is 1.00 bits per heavy atom. The Hall–Kier alpha value is -0.0700. The molecule has 0 aromatic heterocycles. The molecule has 1 atom stereocenters. The average Bonchev–Trinajstić information content (AvgIpc) is 1.95. The summed E-state index contributed by atoms with van der Waals surface area (Å²) < 4.78 is 13.3. The lowest BCUT2D eigenvalue weighted by molar-refractivity contribution is 0.236. The van der Waals surface area contributed by atoms with Crippen LogP contribution in [0.25, 0.3) is 0 Å². The van der Waals surface area contributed by atoms with Gasteiger partial charge in [-0.2, -0.15) is 0 Å². The molecular formula is C12H25F. The first-order valence-corrected chi connectivity index (χ1v) is 5.45. The highest BCUT2D eigenvalue weighted by Gasteiger charge is 2.14. The van der Waals surface area contributed by atoms with Gasteiger partial charge in [-0.3, -0.25) is 0 Å². The van der Waals surface area contributed by atoms with Crippen LogP contribution in [0.15, 0.2) is 0 Å². The smallest absolute Gasteiger partial charge is 0.100 e. The topological polar surface area (TPSA) is 0 Å². The highest BCUT2D eigenvalue weighted by molar-refractivity contribution is 4.66. The molecule has 0 spiro atoms. The van der Waals surface area contributed by atoms with Crippen molar-refractivity contribution in [2.45, 2.75) is 66.5 Å². The normalized spacial score (nSPS) is 15.0. The predicted octanol–water partition coefficient (Wildman–Crippen LogP) is 4.59. The summed E-state index contributed by atoms with van der Waals surface area (Å²) in [6, 6.07) is 0. The van der Waals surface area contributed by atoms with Gasteiger partial charge >= 0.3 is 0 Å². The molecule has 0 saturated heterocycles. The van der Waals surface area contributed by atoms with Crippen LogP contribution in [-0.4, -0.2) is 6.17 Å². The number of rotatable bonds is 5. The Balaban J connectivity index is 3.46. The molecule has 0 aromatic carbocycles. The Morgan fingerprint density at radius 2 is 1.54 bits per heavy atom. The van der Waals surface area contributed by atoms with Crippen molar-refractivity contribution in [1.82, 2.24) is 0 Å². The molecule has 0 heterocycles. The van der Waals surface area contributed by atoms with E-state index in [1.165, 1.54) is 0 Å². The van der Waals surface area contributed by atoms with Crippen LogP contribution in [0.3, 0.4) is 0 Å². The van der Waals surface area contributed by atoms with E-state index in [9.17, 15) is 4.39 Å². The van der Waals surface area contributed by atoms with Gasteiger partial charge in [-0.1, -0.05) is 34.6 Å². The van der Waals surface area contributed by atoms with Crippen molar-refractivity contribution in [1.29, 1.82) is 0 Å². The average molecular weight is 188 g/mol. The first-order chi connectivity index (χ1) is 5.81. The molecule has 0 bridgehead atoms. The molecule has 13 heavy (non-hydrogen) atoms. The Kier molecular flexibility index (Phi) is 5.59. The van der Waals surface area contributed by atoms with Gasteiger partial charge in [0, 0.05) is 0 Å². The second-order valence-electron chi connectivity index (χ2n) is 5.67. The van der Waals surface area contributed by atoms with Crippen molar-refractivity contribution in [2.24, 2.45) is 11.3 Å². The van der Waals surface area contributed by atoms with Crippen LogP contribution in [0.2, 0.25) is 0 Å². The summed E-state index contributed by atoms with van der Waals surface area (Å²) in [5.74, 6) is 0.632. The van der Waals surface area contributed by atoms with Crippen LogP contribution in [0.1, 0.15) is 60.3 Å². The van der Waals surface area contributed by atoms with Crippen LogP contribution >= 0.6 is 0 Å². The fraction of sp³-hybridized carbons (Fsp3) is 1.00. The molecule has 0 aliphatic heterocycles. The maximum Gasteiger partial charge on any atom is 0.100 e. The summed E-state index contributed by atoms with van der Waals surface area (Å²) in [4.78, 5) is 0. The third-order valence-electron chi connectivity index (χ3n) is 2.26. The molecule has 0 aromatic rings. The zero-order valence-corrected chi connectivity index (χ0v) is 9.86. The molecule has 0 aliphatic carbocycles. The Morgan fingerprint density at radius 3 is 1.92 bits per heavy atom. The first-order valence-electron chi connectivity index (χ1n) is 5.45. The minimum absolute atomic E-state index is 0.280. The third-order valence-corrected chi connectivity index (χ3v) is 2.26. The number of halogens is 1. The van der Waals surface area contributed by atoms with E-state index in [4.69, 9.17) is 0 Å². The zero-order valence-electron chi connectivity index (χ0n) is 9.86. The van der Waals surface area contributed by atoms with E-state index < -0.39 is 6.17 Å². The monoisotopic (exact) mass is 188 g/mol. The molecule has 0 radical (unpaired) electrons. The highest BCUT2D eigenvalue weighted by atomic mass is 19.1. The minimum Gasteiger partial charge on any atom is -0.247 e. The largest absolute Gasteiger partial charge is 0.247 e. The summed E-state index contributed by atoms with van der Waals surface area (Å²) in [5.41, 5.74) is 0.280. The molecule has 0 rings (SSSR count). The van der Waals surface area contributed by atoms with Crippen LogP contribution in [0.4, 0.5) is 4.39 Å². The predicted molar refractivity (Wildman–Crippen MR) is 57.7 cm³/mol. The number of alkyl halides is 1. The van der Waals surface area contributed by atoms with E-state index in [0.29, 0.717) is 5.92 Å². The summed E-state index contributed by atoms with van der Waals surface area (Å²) in [5, 5.41) is 0. The van der Waals surface area contributed by atoms with Gasteiger partial charge in [-0.15, -0.1) is 0 Å². The van der Waals surface area contributed by atoms with E-state index in [1.54, 1.807) is 0 Å². The van der Waals surface area contributed by atoms with Gasteiger partial charge < -0.3 is 0 Å². The molecule has 0 amide bonds. The van der Waals surface area contributed by atoms with Crippen molar-refractivity contribution in [3.8, 4) is 0 Å². The Labute approximate surface area is 82.9 Å². The molecule has 0 saturated carbocycles. The van der Waals surface area contributed by atoms with E-state index in [-0.39, 0.29) is 5.41 Å². The summed E-state index contributed by atoms with van der Waals surface area (Å²) in [7, 11) is 0. The molecular weight excluding hydrogens is 163 g/mol. The number of hydrogen-bond acceptors (Lipinski definition) is 0.